The van der Waals surface area contributed by atoms with E-state index in [0.717, 1.165) is 29.9 Å². The van der Waals surface area contributed by atoms with Crippen molar-refractivity contribution in [2.45, 2.75) is 18.8 Å². The topological polar surface area (TPSA) is 85.3 Å². The number of rotatable bonds is 3. The van der Waals surface area contributed by atoms with E-state index in [-0.39, 0.29) is 11.8 Å². The van der Waals surface area contributed by atoms with Crippen LogP contribution in [0.3, 0.4) is 0 Å². The Morgan fingerprint density at radius 2 is 2.08 bits per heavy atom. The summed E-state index contributed by atoms with van der Waals surface area (Å²) in [7, 11) is 0. The molecule has 0 aromatic carbocycles. The van der Waals surface area contributed by atoms with Gasteiger partial charge in [0.1, 0.15) is 5.76 Å². The molecule has 1 fully saturated rings. The number of hydrogen-bond donors (Lipinski definition) is 0. The Balaban J connectivity index is 1.47. The van der Waals surface area contributed by atoms with Gasteiger partial charge < -0.3 is 13.8 Å². The monoisotopic (exact) mass is 324 g/mol. The standard InChI is InChI=1S/C17H16N4O3/c22-17(15-2-1-9-23-15)21-7-3-12(4-8-21)16-13(10-20-24-16)14-11-18-5-6-19-14/h1-2,5-6,9-12H,3-4,7-8H2. The lowest BCUT2D eigenvalue weighted by atomic mass is 9.91. The van der Waals surface area contributed by atoms with E-state index in [9.17, 15) is 4.79 Å². The fraction of sp³-hybridized carbons (Fsp3) is 0.294. The van der Waals surface area contributed by atoms with Gasteiger partial charge in [0.25, 0.3) is 5.91 Å². The quantitative estimate of drug-likeness (QED) is 0.736. The summed E-state index contributed by atoms with van der Waals surface area (Å²) in [5.74, 6) is 1.35. The van der Waals surface area contributed by atoms with E-state index >= 15 is 0 Å². The van der Waals surface area contributed by atoms with Crippen molar-refractivity contribution in [1.29, 1.82) is 0 Å². The molecule has 3 aromatic heterocycles. The second-order valence-corrected chi connectivity index (χ2v) is 5.74. The summed E-state index contributed by atoms with van der Waals surface area (Å²) in [5.41, 5.74) is 1.63. The minimum absolute atomic E-state index is 0.0647. The normalized spacial score (nSPS) is 15.6. The molecule has 4 heterocycles. The van der Waals surface area contributed by atoms with Crippen LogP contribution in [-0.2, 0) is 0 Å². The highest BCUT2D eigenvalue weighted by Gasteiger charge is 2.29. The van der Waals surface area contributed by atoms with Crippen LogP contribution in [0, 0.1) is 0 Å². The van der Waals surface area contributed by atoms with E-state index in [0.29, 0.717) is 18.8 Å². The van der Waals surface area contributed by atoms with E-state index in [1.54, 1.807) is 36.9 Å². The SMILES string of the molecule is O=C(c1ccco1)N1CCC(c2oncc2-c2cnccn2)CC1. The van der Waals surface area contributed by atoms with Crippen LogP contribution in [0.1, 0.15) is 35.1 Å². The molecule has 0 aliphatic carbocycles. The van der Waals surface area contributed by atoms with E-state index in [1.807, 2.05) is 4.90 Å². The van der Waals surface area contributed by atoms with Crippen molar-refractivity contribution in [2.24, 2.45) is 0 Å². The van der Waals surface area contributed by atoms with Gasteiger partial charge in [-0.3, -0.25) is 14.8 Å². The van der Waals surface area contributed by atoms with Gasteiger partial charge in [-0.25, -0.2) is 0 Å². The molecule has 1 saturated heterocycles. The zero-order valence-electron chi connectivity index (χ0n) is 13.0. The Kier molecular flexibility index (Phi) is 3.82. The van der Waals surface area contributed by atoms with E-state index < -0.39 is 0 Å². The maximum atomic E-state index is 12.3. The summed E-state index contributed by atoms with van der Waals surface area (Å²) in [4.78, 5) is 22.5. The van der Waals surface area contributed by atoms with Gasteiger partial charge in [0, 0.05) is 31.4 Å². The molecule has 1 aliphatic rings. The largest absolute Gasteiger partial charge is 0.459 e. The molecule has 24 heavy (non-hydrogen) atoms. The number of likely N-dealkylation sites (tertiary alicyclic amines) is 1. The maximum absolute atomic E-state index is 12.3. The first-order valence-corrected chi connectivity index (χ1v) is 7.86. The van der Waals surface area contributed by atoms with E-state index in [2.05, 4.69) is 15.1 Å². The number of furan rings is 1. The molecule has 0 N–H and O–H groups in total. The first kappa shape index (κ1) is 14.6. The zero-order chi connectivity index (χ0) is 16.4. The number of hydrogen-bond acceptors (Lipinski definition) is 6. The smallest absolute Gasteiger partial charge is 0.289 e. The first-order valence-electron chi connectivity index (χ1n) is 7.86. The highest BCUT2D eigenvalue weighted by Crippen LogP contribution is 2.34. The summed E-state index contributed by atoms with van der Waals surface area (Å²) >= 11 is 0. The van der Waals surface area contributed by atoms with Gasteiger partial charge in [-0.15, -0.1) is 0 Å². The van der Waals surface area contributed by atoms with Crippen LogP contribution in [0.25, 0.3) is 11.3 Å². The lowest BCUT2D eigenvalue weighted by Gasteiger charge is -2.30. The van der Waals surface area contributed by atoms with Gasteiger partial charge in [0.2, 0.25) is 0 Å². The predicted octanol–water partition coefficient (Wildman–Crippen LogP) is 2.74. The summed E-state index contributed by atoms with van der Waals surface area (Å²) in [5, 5.41) is 3.93. The van der Waals surface area contributed by atoms with Crippen LogP contribution < -0.4 is 0 Å². The summed E-state index contributed by atoms with van der Waals surface area (Å²) in [6.45, 7) is 1.32. The molecule has 4 rings (SSSR count). The molecule has 0 unspecified atom stereocenters. The summed E-state index contributed by atoms with van der Waals surface area (Å²) in [6, 6.07) is 3.42. The van der Waals surface area contributed by atoms with E-state index in [4.69, 9.17) is 8.94 Å². The molecule has 0 bridgehead atoms. The van der Waals surface area contributed by atoms with Crippen LogP contribution in [0.5, 0.6) is 0 Å². The number of amides is 1. The number of piperidine rings is 1. The second kappa shape index (κ2) is 6.27. The van der Waals surface area contributed by atoms with Crippen molar-refractivity contribution in [3.8, 4) is 11.3 Å². The molecule has 1 aliphatic heterocycles. The Bertz CT molecular complexity index is 806. The lowest BCUT2D eigenvalue weighted by Crippen LogP contribution is -2.37. The Labute approximate surface area is 138 Å². The fourth-order valence-corrected chi connectivity index (χ4v) is 3.07. The molecule has 3 aromatic rings. The average molecular weight is 324 g/mol. The molecular formula is C17H16N4O3. The Hall–Kier alpha value is -2.96. The lowest BCUT2D eigenvalue weighted by molar-refractivity contribution is 0.0674. The van der Waals surface area contributed by atoms with Gasteiger partial charge >= 0.3 is 0 Å². The van der Waals surface area contributed by atoms with Crippen LogP contribution in [0.4, 0.5) is 0 Å². The predicted molar refractivity (Wildman–Crippen MR) is 84.1 cm³/mol. The molecule has 1 amide bonds. The van der Waals surface area contributed by atoms with Crippen molar-refractivity contribution in [2.75, 3.05) is 13.1 Å². The van der Waals surface area contributed by atoms with Crippen molar-refractivity contribution >= 4 is 5.91 Å². The molecule has 0 radical (unpaired) electrons. The molecular weight excluding hydrogens is 308 g/mol. The molecule has 7 heteroatoms. The van der Waals surface area contributed by atoms with Gasteiger partial charge in [0.05, 0.1) is 29.9 Å². The van der Waals surface area contributed by atoms with Crippen LogP contribution in [-0.4, -0.2) is 39.0 Å². The minimum atomic E-state index is -0.0647. The Morgan fingerprint density at radius 3 is 2.79 bits per heavy atom. The molecule has 0 saturated carbocycles. The molecule has 0 spiro atoms. The third-order valence-electron chi connectivity index (χ3n) is 4.32. The number of carbonyl (C=O) groups excluding carboxylic acids is 1. The van der Waals surface area contributed by atoms with Gasteiger partial charge in [0.15, 0.2) is 5.76 Å². The van der Waals surface area contributed by atoms with Crippen LogP contribution in [0.2, 0.25) is 0 Å². The average Bonchev–Trinajstić information content (AvgIpc) is 3.34. The van der Waals surface area contributed by atoms with Crippen molar-refractivity contribution in [3.63, 3.8) is 0 Å². The molecule has 122 valence electrons. The molecule has 7 nitrogen and oxygen atoms in total. The number of carbonyl (C=O) groups is 1. The third kappa shape index (κ3) is 2.68. The first-order chi connectivity index (χ1) is 11.8. The second-order valence-electron chi connectivity index (χ2n) is 5.74. The van der Waals surface area contributed by atoms with Gasteiger partial charge in [-0.2, -0.15) is 0 Å². The Morgan fingerprint density at radius 1 is 1.21 bits per heavy atom. The van der Waals surface area contributed by atoms with Crippen LogP contribution >= 0.6 is 0 Å². The molecule has 0 atom stereocenters. The summed E-state index contributed by atoms with van der Waals surface area (Å²) < 4.78 is 10.7. The van der Waals surface area contributed by atoms with Gasteiger partial charge in [-0.1, -0.05) is 5.16 Å². The maximum Gasteiger partial charge on any atom is 0.289 e. The number of aromatic nitrogens is 3. The van der Waals surface area contributed by atoms with E-state index in [1.165, 1.54) is 6.26 Å². The van der Waals surface area contributed by atoms with Crippen molar-refractivity contribution in [1.82, 2.24) is 20.0 Å². The number of nitrogens with zero attached hydrogens (tertiary/aromatic N) is 4. The van der Waals surface area contributed by atoms with Crippen LogP contribution in [0.15, 0.2) is 52.1 Å². The van der Waals surface area contributed by atoms with Crippen molar-refractivity contribution < 1.29 is 13.7 Å². The third-order valence-corrected chi connectivity index (χ3v) is 4.32. The fourth-order valence-electron chi connectivity index (χ4n) is 3.07. The van der Waals surface area contributed by atoms with Gasteiger partial charge in [-0.05, 0) is 25.0 Å². The highest BCUT2D eigenvalue weighted by atomic mass is 16.5. The highest BCUT2D eigenvalue weighted by molar-refractivity contribution is 5.91. The minimum Gasteiger partial charge on any atom is -0.459 e. The zero-order valence-corrected chi connectivity index (χ0v) is 13.0. The van der Waals surface area contributed by atoms with Crippen molar-refractivity contribution in [3.05, 3.63) is 54.7 Å². The summed E-state index contributed by atoms with van der Waals surface area (Å²) in [6.07, 6.45) is 9.81.